The maximum Gasteiger partial charge on any atom is 0.245 e. The molecule has 0 aliphatic heterocycles. The van der Waals surface area contributed by atoms with Gasteiger partial charge in [-0.05, 0) is 17.7 Å². The molecule has 0 N–H and O–H groups in total. The van der Waals surface area contributed by atoms with Crippen LogP contribution >= 0.6 is 0 Å². The lowest BCUT2D eigenvalue weighted by Gasteiger charge is -2.21. The second-order valence-corrected chi connectivity index (χ2v) is 5.82. The topological polar surface area (TPSA) is 13.6 Å². The van der Waals surface area contributed by atoms with E-state index >= 15 is 0 Å². The fraction of sp³-hybridized carbons (Fsp3) is 0.533. The van der Waals surface area contributed by atoms with Crippen LogP contribution in [-0.2, 0) is 0 Å². The average Bonchev–Trinajstić information content (AvgIpc) is 3.04. The van der Waals surface area contributed by atoms with Gasteiger partial charge < -0.3 is 9.58 Å². The minimum Gasteiger partial charge on any atom is -0.497 e. The zero-order valence-corrected chi connectivity index (χ0v) is 10.9. The number of hydrogen-bond acceptors (Lipinski definition) is 1. The van der Waals surface area contributed by atoms with Crippen LogP contribution in [0, 0.1) is 12.0 Å². The van der Waals surface area contributed by atoms with Crippen molar-refractivity contribution in [1.29, 1.82) is 0 Å². The zero-order valence-electron chi connectivity index (χ0n) is 10.9. The molecule has 90 valence electrons. The first-order valence-corrected chi connectivity index (χ1v) is 5.97. The number of rotatable bonds is 2. The molecule has 0 radical (unpaired) electrons. The maximum absolute atomic E-state index is 7.48. The summed E-state index contributed by atoms with van der Waals surface area (Å²) in [6.45, 7) is 14.0. The van der Waals surface area contributed by atoms with Crippen molar-refractivity contribution in [2.75, 3.05) is 7.11 Å². The molecule has 2 heteroatoms. The maximum atomic E-state index is 7.48. The minimum absolute atomic E-state index is 0.0410. The van der Waals surface area contributed by atoms with Crippen molar-refractivity contribution < 1.29 is 4.74 Å². The quantitative estimate of drug-likeness (QED) is 0.701. The monoisotopic (exact) mass is 229 g/mol. The molecule has 0 aromatic heterocycles. The molecule has 2 atom stereocenters. The van der Waals surface area contributed by atoms with E-state index in [2.05, 4.69) is 37.7 Å². The lowest BCUT2D eigenvalue weighted by molar-refractivity contribution is 0.333. The standard InChI is InChI=1S/C15H19NO/c1-14(2,3)15(16-4)10-13(15)11-6-8-12(17-5)9-7-11/h6-9,13H,10H2,1-3,5H3/t13-,15-/m0/s1. The molecule has 1 saturated carbocycles. The zero-order chi connectivity index (χ0) is 12.7. The Balaban J connectivity index is 2.25. The molecule has 2 rings (SSSR count). The molecule has 0 unspecified atom stereocenters. The Hall–Kier alpha value is -1.49. The lowest BCUT2D eigenvalue weighted by Crippen LogP contribution is -2.26. The van der Waals surface area contributed by atoms with Crippen LogP contribution in [0.25, 0.3) is 4.85 Å². The second-order valence-electron chi connectivity index (χ2n) is 5.82. The van der Waals surface area contributed by atoms with Gasteiger partial charge in [-0.15, -0.1) is 0 Å². The number of benzene rings is 1. The van der Waals surface area contributed by atoms with Gasteiger partial charge in [0, 0.05) is 11.8 Å². The molecule has 0 amide bonds. The summed E-state index contributed by atoms with van der Waals surface area (Å²) in [4.78, 5) is 3.92. The van der Waals surface area contributed by atoms with Crippen LogP contribution in [0.4, 0.5) is 0 Å². The Morgan fingerprint density at radius 3 is 2.24 bits per heavy atom. The predicted molar refractivity (Wildman–Crippen MR) is 69.1 cm³/mol. The molecular weight excluding hydrogens is 210 g/mol. The van der Waals surface area contributed by atoms with Gasteiger partial charge in [0.2, 0.25) is 5.54 Å². The van der Waals surface area contributed by atoms with Gasteiger partial charge in [0.1, 0.15) is 5.75 Å². The predicted octanol–water partition coefficient (Wildman–Crippen LogP) is 3.89. The average molecular weight is 229 g/mol. The van der Waals surface area contributed by atoms with Crippen molar-refractivity contribution in [3.8, 4) is 5.75 Å². The molecule has 1 aliphatic carbocycles. The van der Waals surface area contributed by atoms with Crippen LogP contribution < -0.4 is 4.74 Å². The van der Waals surface area contributed by atoms with E-state index in [1.54, 1.807) is 7.11 Å². The first-order valence-electron chi connectivity index (χ1n) is 5.97. The second kappa shape index (κ2) is 3.77. The Kier molecular flexibility index (Phi) is 2.66. The molecule has 2 nitrogen and oxygen atoms in total. The third-order valence-corrected chi connectivity index (χ3v) is 3.95. The minimum atomic E-state index is -0.207. The third-order valence-electron chi connectivity index (χ3n) is 3.95. The summed E-state index contributed by atoms with van der Waals surface area (Å²) in [6.07, 6.45) is 0.979. The van der Waals surface area contributed by atoms with Crippen molar-refractivity contribution in [3.05, 3.63) is 41.2 Å². The number of hydrogen-bond donors (Lipinski definition) is 0. The summed E-state index contributed by atoms with van der Waals surface area (Å²) in [5.41, 5.74) is 1.10. The third kappa shape index (κ3) is 1.80. The summed E-state index contributed by atoms with van der Waals surface area (Å²) in [6, 6.07) is 8.13. The molecule has 1 fully saturated rings. The molecule has 1 aliphatic rings. The smallest absolute Gasteiger partial charge is 0.245 e. The Morgan fingerprint density at radius 1 is 1.29 bits per heavy atom. The van der Waals surface area contributed by atoms with E-state index in [1.165, 1.54) is 5.56 Å². The van der Waals surface area contributed by atoms with Gasteiger partial charge in [-0.2, -0.15) is 0 Å². The van der Waals surface area contributed by atoms with Crippen molar-refractivity contribution in [3.63, 3.8) is 0 Å². The highest BCUT2D eigenvalue weighted by atomic mass is 16.5. The summed E-state index contributed by atoms with van der Waals surface area (Å²) in [5, 5.41) is 0. The highest BCUT2D eigenvalue weighted by Gasteiger charge is 2.69. The Labute approximate surface area is 103 Å². The number of nitrogens with zero attached hydrogens (tertiary/aromatic N) is 1. The van der Waals surface area contributed by atoms with Crippen molar-refractivity contribution in [2.45, 2.75) is 38.6 Å². The Bertz CT molecular complexity index is 449. The highest BCUT2D eigenvalue weighted by Crippen LogP contribution is 2.63. The van der Waals surface area contributed by atoms with Gasteiger partial charge >= 0.3 is 0 Å². The number of methoxy groups -OCH3 is 1. The van der Waals surface area contributed by atoms with Crippen molar-refractivity contribution in [1.82, 2.24) is 0 Å². The van der Waals surface area contributed by atoms with Gasteiger partial charge in [0.05, 0.1) is 13.0 Å². The normalized spacial score (nSPS) is 27.4. The highest BCUT2D eigenvalue weighted by molar-refractivity contribution is 5.41. The number of ether oxygens (including phenoxy) is 1. The van der Waals surface area contributed by atoms with E-state index in [-0.39, 0.29) is 11.0 Å². The molecule has 17 heavy (non-hydrogen) atoms. The van der Waals surface area contributed by atoms with E-state index in [9.17, 15) is 0 Å². The van der Waals surface area contributed by atoms with Crippen LogP contribution in [0.3, 0.4) is 0 Å². The van der Waals surface area contributed by atoms with E-state index in [4.69, 9.17) is 11.3 Å². The van der Waals surface area contributed by atoms with Crippen LogP contribution in [0.15, 0.2) is 24.3 Å². The molecule has 1 aromatic rings. The fourth-order valence-electron chi connectivity index (χ4n) is 2.60. The summed E-state index contributed by atoms with van der Waals surface area (Å²) in [5.74, 6) is 1.25. The fourth-order valence-corrected chi connectivity index (χ4v) is 2.60. The molecule has 0 bridgehead atoms. The first kappa shape index (κ1) is 12.0. The molecule has 0 heterocycles. The van der Waals surface area contributed by atoms with E-state index in [0.717, 1.165) is 12.2 Å². The van der Waals surface area contributed by atoms with Crippen LogP contribution in [-0.4, -0.2) is 12.6 Å². The van der Waals surface area contributed by atoms with Gasteiger partial charge in [-0.1, -0.05) is 32.9 Å². The summed E-state index contributed by atoms with van der Waals surface area (Å²) < 4.78 is 5.15. The Morgan fingerprint density at radius 2 is 1.88 bits per heavy atom. The SMILES string of the molecule is [C-]#[N+][C@@]1(C(C)(C)C)C[C@H]1c1ccc(OC)cc1. The van der Waals surface area contributed by atoms with Crippen LogP contribution in [0.1, 0.15) is 38.7 Å². The molecule has 0 spiro atoms. The van der Waals surface area contributed by atoms with E-state index in [1.807, 2.05) is 12.1 Å². The van der Waals surface area contributed by atoms with Gasteiger partial charge in [-0.25, -0.2) is 6.57 Å². The molecular formula is C15H19NO. The van der Waals surface area contributed by atoms with Gasteiger partial charge in [-0.3, -0.25) is 0 Å². The molecule has 0 saturated heterocycles. The largest absolute Gasteiger partial charge is 0.497 e. The van der Waals surface area contributed by atoms with Crippen LogP contribution in [0.5, 0.6) is 5.75 Å². The molecule has 1 aromatic carbocycles. The van der Waals surface area contributed by atoms with Gasteiger partial charge in [0.15, 0.2) is 0 Å². The first-order chi connectivity index (χ1) is 7.94. The van der Waals surface area contributed by atoms with Crippen molar-refractivity contribution in [2.24, 2.45) is 5.41 Å². The lowest BCUT2D eigenvalue weighted by atomic mass is 9.82. The van der Waals surface area contributed by atoms with E-state index < -0.39 is 0 Å². The summed E-state index contributed by atoms with van der Waals surface area (Å²) in [7, 11) is 1.67. The van der Waals surface area contributed by atoms with Crippen molar-refractivity contribution >= 4 is 0 Å². The van der Waals surface area contributed by atoms with Crippen LogP contribution in [0.2, 0.25) is 0 Å². The summed E-state index contributed by atoms with van der Waals surface area (Å²) >= 11 is 0. The van der Waals surface area contributed by atoms with E-state index in [0.29, 0.717) is 5.92 Å². The van der Waals surface area contributed by atoms with Gasteiger partial charge in [0.25, 0.3) is 0 Å².